The zero-order chi connectivity index (χ0) is 10.1. The van der Waals surface area contributed by atoms with Gasteiger partial charge in [-0.15, -0.1) is 0 Å². The summed E-state index contributed by atoms with van der Waals surface area (Å²) in [4.78, 5) is 0. The third-order valence-corrected chi connectivity index (χ3v) is 2.38. The largest absolute Gasteiger partial charge is 0.376 e. The van der Waals surface area contributed by atoms with Crippen LogP contribution in [0.5, 0.6) is 0 Å². The third kappa shape index (κ3) is 2.01. The van der Waals surface area contributed by atoms with Crippen molar-refractivity contribution < 1.29 is 4.39 Å². The Morgan fingerprint density at radius 2 is 2.21 bits per heavy atom. The second kappa shape index (κ2) is 3.53. The highest BCUT2D eigenvalue weighted by molar-refractivity contribution is 7.80. The highest BCUT2D eigenvalue weighted by atomic mass is 32.1. The molecule has 1 aliphatic carbocycles. The average Bonchev–Trinajstić information content (AvgIpc) is 2.90. The summed E-state index contributed by atoms with van der Waals surface area (Å²) in [5.74, 6) is 0.254. The lowest BCUT2D eigenvalue weighted by molar-refractivity contribution is 0.611. The molecule has 1 aliphatic rings. The van der Waals surface area contributed by atoms with Gasteiger partial charge in [-0.05, 0) is 54.7 Å². The third-order valence-electron chi connectivity index (χ3n) is 2.28. The number of hydrogen-bond acceptors (Lipinski definition) is 1. The molecule has 0 bridgehead atoms. The number of hydrogen-bond donors (Lipinski definition) is 2. The highest BCUT2D eigenvalue weighted by Gasteiger charge is 2.26. The minimum atomic E-state index is -0.138. The Kier molecular flexibility index (Phi) is 2.37. The van der Waals surface area contributed by atoms with E-state index in [9.17, 15) is 4.39 Å². The van der Waals surface area contributed by atoms with E-state index in [2.05, 4.69) is 5.32 Å². The van der Waals surface area contributed by atoms with Gasteiger partial charge in [-0.1, -0.05) is 0 Å². The van der Waals surface area contributed by atoms with E-state index in [4.69, 9.17) is 18.0 Å². The Morgan fingerprint density at radius 1 is 1.50 bits per heavy atom. The predicted octanol–water partition coefficient (Wildman–Crippen LogP) is 2.36. The van der Waals surface area contributed by atoms with Crippen LogP contribution in [0.1, 0.15) is 24.3 Å². The van der Waals surface area contributed by atoms with Crippen molar-refractivity contribution in [3.63, 3.8) is 0 Å². The van der Waals surface area contributed by atoms with Crippen molar-refractivity contribution in [3.05, 3.63) is 29.6 Å². The minimum Gasteiger partial charge on any atom is -0.376 e. The summed E-state index contributed by atoms with van der Waals surface area (Å²) in [7, 11) is 0. The normalized spacial score (nSPS) is 15.2. The molecule has 0 radical (unpaired) electrons. The Balaban J connectivity index is 2.26. The quantitative estimate of drug-likeness (QED) is 0.736. The SMILES string of the molecule is NC(=S)Nc1ccc(F)c(C2CC2)c1. The maximum absolute atomic E-state index is 13.3. The summed E-state index contributed by atoms with van der Waals surface area (Å²) in [6.07, 6.45) is 2.15. The molecule has 1 fully saturated rings. The summed E-state index contributed by atoms with van der Waals surface area (Å²) in [5.41, 5.74) is 6.87. The van der Waals surface area contributed by atoms with Gasteiger partial charge in [0.1, 0.15) is 5.82 Å². The molecule has 0 saturated heterocycles. The topological polar surface area (TPSA) is 38.0 Å². The van der Waals surface area contributed by atoms with Crippen LogP contribution in [-0.2, 0) is 0 Å². The summed E-state index contributed by atoms with van der Waals surface area (Å²) in [6.45, 7) is 0. The number of anilines is 1. The van der Waals surface area contributed by atoms with Crippen molar-refractivity contribution in [2.24, 2.45) is 5.73 Å². The Bertz CT molecular complexity index is 374. The molecule has 0 aliphatic heterocycles. The molecule has 2 nitrogen and oxygen atoms in total. The Hall–Kier alpha value is -1.16. The fourth-order valence-electron chi connectivity index (χ4n) is 1.47. The van der Waals surface area contributed by atoms with Crippen molar-refractivity contribution in [3.8, 4) is 0 Å². The second-order valence-corrected chi connectivity index (χ2v) is 3.94. The van der Waals surface area contributed by atoms with Crippen LogP contribution in [0, 0.1) is 5.82 Å². The van der Waals surface area contributed by atoms with E-state index in [1.807, 2.05) is 0 Å². The number of rotatable bonds is 2. The molecule has 0 spiro atoms. The first kappa shape index (κ1) is 9.40. The van der Waals surface area contributed by atoms with Gasteiger partial charge in [0.05, 0.1) is 0 Å². The summed E-state index contributed by atoms with van der Waals surface area (Å²) >= 11 is 4.71. The molecule has 0 aromatic heterocycles. The molecule has 0 amide bonds. The lowest BCUT2D eigenvalue weighted by Crippen LogP contribution is -2.18. The van der Waals surface area contributed by atoms with Gasteiger partial charge in [0.25, 0.3) is 0 Å². The molecule has 3 N–H and O–H groups in total. The number of thiocarbonyl (C=S) groups is 1. The first-order chi connectivity index (χ1) is 6.66. The first-order valence-corrected chi connectivity index (χ1v) is 4.93. The molecule has 1 aromatic carbocycles. The van der Waals surface area contributed by atoms with Gasteiger partial charge in [0.15, 0.2) is 5.11 Å². The molecular weight excluding hydrogens is 199 g/mol. The van der Waals surface area contributed by atoms with Crippen molar-refractivity contribution in [1.82, 2.24) is 0 Å². The average molecular weight is 210 g/mol. The highest BCUT2D eigenvalue weighted by Crippen LogP contribution is 2.41. The van der Waals surface area contributed by atoms with Crippen LogP contribution < -0.4 is 11.1 Å². The van der Waals surface area contributed by atoms with E-state index in [1.54, 1.807) is 12.1 Å². The Morgan fingerprint density at radius 3 is 2.79 bits per heavy atom. The zero-order valence-electron chi connectivity index (χ0n) is 7.59. The van der Waals surface area contributed by atoms with Crippen LogP contribution in [0.15, 0.2) is 18.2 Å². The lowest BCUT2D eigenvalue weighted by atomic mass is 10.1. The van der Waals surface area contributed by atoms with Crippen LogP contribution in [0.3, 0.4) is 0 Å². The minimum absolute atomic E-state index is 0.138. The zero-order valence-corrected chi connectivity index (χ0v) is 8.40. The Labute approximate surface area is 87.3 Å². The predicted molar refractivity (Wildman–Crippen MR) is 58.8 cm³/mol. The van der Waals surface area contributed by atoms with Crippen molar-refractivity contribution >= 4 is 23.0 Å². The van der Waals surface area contributed by atoms with Gasteiger partial charge in [0.2, 0.25) is 0 Å². The molecule has 0 heterocycles. The number of halogens is 1. The van der Waals surface area contributed by atoms with Gasteiger partial charge >= 0.3 is 0 Å². The van der Waals surface area contributed by atoms with Crippen LogP contribution >= 0.6 is 12.2 Å². The molecule has 1 aromatic rings. The maximum atomic E-state index is 13.3. The van der Waals surface area contributed by atoms with Crippen LogP contribution in [0.4, 0.5) is 10.1 Å². The van der Waals surface area contributed by atoms with E-state index in [-0.39, 0.29) is 10.9 Å². The van der Waals surface area contributed by atoms with Crippen LogP contribution in [0.2, 0.25) is 0 Å². The molecule has 74 valence electrons. The number of benzene rings is 1. The van der Waals surface area contributed by atoms with Crippen molar-refractivity contribution in [2.75, 3.05) is 5.32 Å². The molecule has 0 unspecified atom stereocenters. The number of nitrogens with two attached hydrogens (primary N) is 1. The monoisotopic (exact) mass is 210 g/mol. The van der Waals surface area contributed by atoms with E-state index in [0.717, 1.165) is 24.1 Å². The summed E-state index contributed by atoms with van der Waals surface area (Å²) in [6, 6.07) is 4.88. The first-order valence-electron chi connectivity index (χ1n) is 4.52. The van der Waals surface area contributed by atoms with Gasteiger partial charge in [-0.3, -0.25) is 0 Å². The molecule has 14 heavy (non-hydrogen) atoms. The van der Waals surface area contributed by atoms with Crippen molar-refractivity contribution in [1.29, 1.82) is 0 Å². The van der Waals surface area contributed by atoms with Crippen LogP contribution in [0.25, 0.3) is 0 Å². The lowest BCUT2D eigenvalue weighted by Gasteiger charge is -2.06. The maximum Gasteiger partial charge on any atom is 0.168 e. The second-order valence-electron chi connectivity index (χ2n) is 3.50. The van der Waals surface area contributed by atoms with Crippen LogP contribution in [-0.4, -0.2) is 5.11 Å². The van der Waals surface area contributed by atoms with E-state index in [1.165, 1.54) is 6.07 Å². The van der Waals surface area contributed by atoms with Crippen molar-refractivity contribution in [2.45, 2.75) is 18.8 Å². The fourth-order valence-corrected chi connectivity index (χ4v) is 1.59. The summed E-state index contributed by atoms with van der Waals surface area (Å²) in [5, 5.41) is 3.00. The molecule has 0 atom stereocenters. The molecule has 1 saturated carbocycles. The van der Waals surface area contributed by atoms with Gasteiger partial charge in [-0.25, -0.2) is 4.39 Å². The molecule has 4 heteroatoms. The smallest absolute Gasteiger partial charge is 0.168 e. The van der Waals surface area contributed by atoms with Gasteiger partial charge in [0, 0.05) is 5.69 Å². The number of nitrogens with one attached hydrogen (secondary N) is 1. The van der Waals surface area contributed by atoms with E-state index in [0.29, 0.717) is 5.92 Å². The van der Waals surface area contributed by atoms with Gasteiger partial charge in [-0.2, -0.15) is 0 Å². The standard InChI is InChI=1S/C10H11FN2S/c11-9-4-3-7(13-10(12)14)5-8(9)6-1-2-6/h3-6H,1-2H2,(H3,12,13,14). The fraction of sp³-hybridized carbons (Fsp3) is 0.300. The van der Waals surface area contributed by atoms with E-state index >= 15 is 0 Å². The van der Waals surface area contributed by atoms with E-state index < -0.39 is 0 Å². The molecular formula is C10H11FN2S. The van der Waals surface area contributed by atoms with Gasteiger partial charge < -0.3 is 11.1 Å². The summed E-state index contributed by atoms with van der Waals surface area (Å²) < 4.78 is 13.3. The molecule has 2 rings (SSSR count).